The van der Waals surface area contributed by atoms with Crippen LogP contribution in [0.4, 0.5) is 5.69 Å². The van der Waals surface area contributed by atoms with E-state index in [-0.39, 0.29) is 27.4 Å². The SMILES string of the molecule is CCOc1ccccc1NC(=O)[C@H]1CCCN(S(=O)(=O)c2cc(Cl)ccc2Cl)C1. The molecule has 0 unspecified atom stereocenters. The summed E-state index contributed by atoms with van der Waals surface area (Å²) < 4.78 is 32.9. The molecule has 0 spiro atoms. The summed E-state index contributed by atoms with van der Waals surface area (Å²) in [6.45, 7) is 2.74. The standard InChI is InChI=1S/C20H22Cl2N2O4S/c1-2-28-18-8-4-3-7-17(18)23-20(25)14-6-5-11-24(13-14)29(26,27)19-12-15(21)9-10-16(19)22/h3-4,7-10,12,14H,2,5-6,11,13H2,1H3,(H,23,25)/t14-/m0/s1. The summed E-state index contributed by atoms with van der Waals surface area (Å²) in [4.78, 5) is 12.8. The Bertz CT molecular complexity index is 998. The van der Waals surface area contributed by atoms with Gasteiger partial charge >= 0.3 is 0 Å². The number of rotatable bonds is 6. The van der Waals surface area contributed by atoms with E-state index in [0.29, 0.717) is 37.4 Å². The van der Waals surface area contributed by atoms with E-state index >= 15 is 0 Å². The van der Waals surface area contributed by atoms with Crippen molar-refractivity contribution in [1.29, 1.82) is 0 Å². The minimum atomic E-state index is -3.86. The number of nitrogens with zero attached hydrogens (tertiary/aromatic N) is 1. The van der Waals surface area contributed by atoms with E-state index < -0.39 is 15.9 Å². The fourth-order valence-corrected chi connectivity index (χ4v) is 5.54. The van der Waals surface area contributed by atoms with Crippen molar-refractivity contribution >= 4 is 44.8 Å². The summed E-state index contributed by atoms with van der Waals surface area (Å²) in [7, 11) is -3.86. The van der Waals surface area contributed by atoms with Crippen molar-refractivity contribution in [2.45, 2.75) is 24.7 Å². The van der Waals surface area contributed by atoms with Gasteiger partial charge in [-0.25, -0.2) is 8.42 Å². The molecule has 1 aliphatic heterocycles. The quantitative estimate of drug-likeness (QED) is 0.697. The van der Waals surface area contributed by atoms with Gasteiger partial charge in [0.25, 0.3) is 0 Å². The van der Waals surface area contributed by atoms with Gasteiger partial charge < -0.3 is 10.1 Å². The highest BCUT2D eigenvalue weighted by Crippen LogP contribution is 2.31. The summed E-state index contributed by atoms with van der Waals surface area (Å²) in [5.74, 6) is -0.144. The molecule has 0 saturated carbocycles. The Kier molecular flexibility index (Phi) is 7.05. The number of amides is 1. The normalized spacial score (nSPS) is 17.7. The van der Waals surface area contributed by atoms with Crippen LogP contribution in [0.3, 0.4) is 0 Å². The zero-order valence-corrected chi connectivity index (χ0v) is 18.2. The Morgan fingerprint density at radius 3 is 2.76 bits per heavy atom. The number of nitrogens with one attached hydrogen (secondary N) is 1. The van der Waals surface area contributed by atoms with Gasteiger partial charge in [0.15, 0.2) is 0 Å². The van der Waals surface area contributed by atoms with Crippen molar-refractivity contribution in [2.75, 3.05) is 25.0 Å². The van der Waals surface area contributed by atoms with Crippen molar-refractivity contribution < 1.29 is 17.9 Å². The highest BCUT2D eigenvalue weighted by Gasteiger charge is 2.34. The van der Waals surface area contributed by atoms with Crippen LogP contribution in [-0.4, -0.2) is 38.3 Å². The number of para-hydroxylation sites is 2. The lowest BCUT2D eigenvalue weighted by molar-refractivity contribution is -0.120. The maximum absolute atomic E-state index is 13.1. The van der Waals surface area contributed by atoms with Crippen molar-refractivity contribution in [2.24, 2.45) is 5.92 Å². The molecule has 9 heteroatoms. The second-order valence-corrected chi connectivity index (χ2v) is 9.45. The summed E-state index contributed by atoms with van der Waals surface area (Å²) in [5.41, 5.74) is 0.567. The predicted octanol–water partition coefficient (Wildman–Crippen LogP) is 4.43. The van der Waals surface area contributed by atoms with Crippen LogP contribution < -0.4 is 10.1 Å². The van der Waals surface area contributed by atoms with Crippen LogP contribution in [0.2, 0.25) is 10.0 Å². The van der Waals surface area contributed by atoms with E-state index in [4.69, 9.17) is 27.9 Å². The lowest BCUT2D eigenvalue weighted by Gasteiger charge is -2.31. The summed E-state index contributed by atoms with van der Waals surface area (Å²) >= 11 is 12.0. The van der Waals surface area contributed by atoms with Gasteiger partial charge in [-0.05, 0) is 50.1 Å². The van der Waals surface area contributed by atoms with Crippen LogP contribution in [0.25, 0.3) is 0 Å². The molecule has 3 rings (SSSR count). The third kappa shape index (κ3) is 5.04. The molecule has 0 aromatic heterocycles. The fraction of sp³-hybridized carbons (Fsp3) is 0.350. The third-order valence-electron chi connectivity index (χ3n) is 4.71. The second-order valence-electron chi connectivity index (χ2n) is 6.70. The topological polar surface area (TPSA) is 75.7 Å². The number of carbonyl (C=O) groups excluding carboxylic acids is 1. The van der Waals surface area contributed by atoms with Gasteiger partial charge in [0.05, 0.1) is 23.2 Å². The van der Waals surface area contributed by atoms with Crippen LogP contribution in [0.15, 0.2) is 47.4 Å². The predicted molar refractivity (Wildman–Crippen MR) is 114 cm³/mol. The molecule has 29 heavy (non-hydrogen) atoms. The number of ether oxygens (including phenoxy) is 1. The minimum Gasteiger partial charge on any atom is -0.492 e. The molecule has 156 valence electrons. The third-order valence-corrected chi connectivity index (χ3v) is 7.29. The Hall–Kier alpha value is -1.80. The molecule has 2 aromatic carbocycles. The Balaban J connectivity index is 1.77. The molecule has 1 N–H and O–H groups in total. The second kappa shape index (κ2) is 9.34. The van der Waals surface area contributed by atoms with E-state index in [1.807, 2.05) is 13.0 Å². The summed E-state index contributed by atoms with van der Waals surface area (Å²) in [6.07, 6.45) is 1.17. The molecule has 1 aliphatic rings. The van der Waals surface area contributed by atoms with Gasteiger partial charge in [0.1, 0.15) is 10.6 Å². The van der Waals surface area contributed by atoms with Crippen molar-refractivity contribution in [3.8, 4) is 5.75 Å². The first kappa shape index (κ1) is 21.9. The number of piperidine rings is 1. The monoisotopic (exact) mass is 456 g/mol. The first-order valence-electron chi connectivity index (χ1n) is 9.31. The van der Waals surface area contributed by atoms with Gasteiger partial charge in [-0.2, -0.15) is 4.31 Å². The number of anilines is 1. The summed E-state index contributed by atoms with van der Waals surface area (Å²) in [6, 6.07) is 11.5. The van der Waals surface area contributed by atoms with Gasteiger partial charge in [0, 0.05) is 18.1 Å². The van der Waals surface area contributed by atoms with Crippen molar-refractivity contribution in [3.63, 3.8) is 0 Å². The number of hydrogen-bond acceptors (Lipinski definition) is 4. The molecule has 0 radical (unpaired) electrons. The van der Waals surface area contributed by atoms with Crippen LogP contribution in [-0.2, 0) is 14.8 Å². The Labute approximate surface area is 180 Å². The molecule has 2 aromatic rings. The van der Waals surface area contributed by atoms with Crippen molar-refractivity contribution in [3.05, 3.63) is 52.5 Å². The summed E-state index contributed by atoms with van der Waals surface area (Å²) in [5, 5.41) is 3.25. The number of benzene rings is 2. The maximum Gasteiger partial charge on any atom is 0.244 e. The average molecular weight is 457 g/mol. The number of carbonyl (C=O) groups is 1. The molecule has 1 heterocycles. The minimum absolute atomic E-state index is 0.0468. The highest BCUT2D eigenvalue weighted by atomic mass is 35.5. The molecule has 6 nitrogen and oxygen atoms in total. The van der Waals surface area contributed by atoms with E-state index in [1.54, 1.807) is 18.2 Å². The molecule has 1 fully saturated rings. The van der Waals surface area contributed by atoms with Crippen LogP contribution >= 0.6 is 23.2 Å². The van der Waals surface area contributed by atoms with E-state index in [0.717, 1.165) is 0 Å². The Morgan fingerprint density at radius 1 is 1.24 bits per heavy atom. The zero-order valence-electron chi connectivity index (χ0n) is 15.9. The van der Waals surface area contributed by atoms with Gasteiger partial charge in [-0.15, -0.1) is 0 Å². The van der Waals surface area contributed by atoms with Crippen LogP contribution in [0.5, 0.6) is 5.75 Å². The van der Waals surface area contributed by atoms with Crippen LogP contribution in [0, 0.1) is 5.92 Å². The lowest BCUT2D eigenvalue weighted by Crippen LogP contribution is -2.43. The van der Waals surface area contributed by atoms with E-state index in [2.05, 4.69) is 5.32 Å². The zero-order chi connectivity index (χ0) is 21.0. The maximum atomic E-state index is 13.1. The molecular formula is C20H22Cl2N2O4S. The molecular weight excluding hydrogens is 435 g/mol. The number of hydrogen-bond donors (Lipinski definition) is 1. The Morgan fingerprint density at radius 2 is 2.00 bits per heavy atom. The van der Waals surface area contributed by atoms with Crippen molar-refractivity contribution in [1.82, 2.24) is 4.31 Å². The molecule has 0 aliphatic carbocycles. The average Bonchev–Trinajstić information content (AvgIpc) is 2.71. The van der Waals surface area contributed by atoms with E-state index in [1.165, 1.54) is 22.5 Å². The largest absolute Gasteiger partial charge is 0.492 e. The first-order valence-corrected chi connectivity index (χ1v) is 11.5. The van der Waals surface area contributed by atoms with Gasteiger partial charge in [-0.1, -0.05) is 35.3 Å². The number of halogens is 2. The van der Waals surface area contributed by atoms with Gasteiger partial charge in [0.2, 0.25) is 15.9 Å². The number of sulfonamides is 1. The van der Waals surface area contributed by atoms with Gasteiger partial charge in [-0.3, -0.25) is 4.79 Å². The molecule has 1 saturated heterocycles. The van der Waals surface area contributed by atoms with E-state index in [9.17, 15) is 13.2 Å². The molecule has 1 atom stereocenters. The highest BCUT2D eigenvalue weighted by molar-refractivity contribution is 7.89. The smallest absolute Gasteiger partial charge is 0.244 e. The van der Waals surface area contributed by atoms with Crippen LogP contribution in [0.1, 0.15) is 19.8 Å². The first-order chi connectivity index (χ1) is 13.8. The fourth-order valence-electron chi connectivity index (χ4n) is 3.27. The molecule has 0 bridgehead atoms. The lowest BCUT2D eigenvalue weighted by atomic mass is 9.98. The molecule has 1 amide bonds.